The number of nitro groups is 1. The zero-order valence-corrected chi connectivity index (χ0v) is 17.0. The second-order valence-corrected chi connectivity index (χ2v) is 7.90. The molecule has 1 aliphatic heterocycles. The van der Waals surface area contributed by atoms with Crippen molar-refractivity contribution in [3.05, 3.63) is 67.7 Å². The second-order valence-electron chi connectivity index (χ2n) is 7.08. The minimum absolute atomic E-state index is 0.0807. The molecule has 0 fully saturated rings. The molecule has 27 heavy (non-hydrogen) atoms. The van der Waals surface area contributed by atoms with Crippen LogP contribution in [0.2, 0.25) is 10.0 Å². The van der Waals surface area contributed by atoms with E-state index in [2.05, 4.69) is 36.7 Å². The third-order valence-electron chi connectivity index (χ3n) is 4.81. The third kappa shape index (κ3) is 3.70. The highest BCUT2D eigenvalue weighted by Crippen LogP contribution is 2.40. The Balaban J connectivity index is 2.00. The summed E-state index contributed by atoms with van der Waals surface area (Å²) in [5, 5.41) is 11.7. The number of hydrogen-bond donors (Lipinski definition) is 0. The largest absolute Gasteiger partial charge is 0.365 e. The van der Waals surface area contributed by atoms with Gasteiger partial charge in [-0.25, -0.2) is 0 Å². The summed E-state index contributed by atoms with van der Waals surface area (Å²) in [6, 6.07) is 8.35. The molecule has 0 bridgehead atoms. The first-order chi connectivity index (χ1) is 12.6. The smallest absolute Gasteiger partial charge is 0.290 e. The lowest BCUT2D eigenvalue weighted by molar-refractivity contribution is -0.384. The highest BCUT2D eigenvalue weighted by Gasteiger charge is 2.29. The summed E-state index contributed by atoms with van der Waals surface area (Å²) in [6.07, 6.45) is 3.83. The number of hydrogen-bond acceptors (Lipinski definition) is 4. The summed E-state index contributed by atoms with van der Waals surface area (Å²) in [5.41, 5.74) is 4.22. The van der Waals surface area contributed by atoms with Gasteiger partial charge in [0.25, 0.3) is 5.69 Å². The zero-order valence-electron chi connectivity index (χ0n) is 15.5. The van der Waals surface area contributed by atoms with E-state index in [0.29, 0.717) is 10.7 Å². The minimum atomic E-state index is -0.529. The van der Waals surface area contributed by atoms with Crippen LogP contribution in [0.25, 0.3) is 5.57 Å². The molecule has 0 unspecified atom stereocenters. The Labute approximate surface area is 168 Å². The van der Waals surface area contributed by atoms with Crippen LogP contribution in [0.15, 0.2) is 41.4 Å². The van der Waals surface area contributed by atoms with Crippen molar-refractivity contribution in [2.24, 2.45) is 4.99 Å². The van der Waals surface area contributed by atoms with E-state index in [-0.39, 0.29) is 16.2 Å². The number of allylic oxidation sites excluding steroid dienone is 1. The lowest BCUT2D eigenvalue weighted by atomic mass is 9.88. The van der Waals surface area contributed by atoms with Gasteiger partial charge in [0.1, 0.15) is 5.02 Å². The maximum absolute atomic E-state index is 11.0. The lowest BCUT2D eigenvalue weighted by Gasteiger charge is -2.40. The Morgan fingerprint density at radius 3 is 2.56 bits per heavy atom. The summed E-state index contributed by atoms with van der Waals surface area (Å²) in [5.74, 6) is 0. The number of aliphatic imine (C=N–C) groups is 1. The summed E-state index contributed by atoms with van der Waals surface area (Å²) < 4.78 is 0. The molecule has 2 aromatic carbocycles. The summed E-state index contributed by atoms with van der Waals surface area (Å²) >= 11 is 12.3. The molecule has 0 aliphatic carbocycles. The Kier molecular flexibility index (Phi) is 5.02. The molecule has 0 saturated carbocycles. The van der Waals surface area contributed by atoms with Crippen molar-refractivity contribution < 1.29 is 4.92 Å². The molecule has 0 N–H and O–H groups in total. The Bertz CT molecular complexity index is 997. The van der Waals surface area contributed by atoms with E-state index in [9.17, 15) is 10.1 Å². The van der Waals surface area contributed by atoms with Gasteiger partial charge in [0.05, 0.1) is 21.2 Å². The van der Waals surface area contributed by atoms with Crippen LogP contribution in [0.1, 0.15) is 31.9 Å². The topological polar surface area (TPSA) is 58.7 Å². The van der Waals surface area contributed by atoms with Gasteiger partial charge < -0.3 is 4.90 Å². The fourth-order valence-electron chi connectivity index (χ4n) is 3.15. The molecule has 1 heterocycles. The molecule has 3 rings (SSSR count). The standard InChI is InChI=1S/C20H19Cl2N3O2/c1-12-10-20(2,3)24(4)18-9-17(22)13(7-15(12)18)11-23-14-5-6-16(21)19(8-14)25(26)27/h5-11H,1-4H3. The van der Waals surface area contributed by atoms with Crippen LogP contribution in [0.5, 0.6) is 0 Å². The molecule has 2 aromatic rings. The first kappa shape index (κ1) is 19.4. The average molecular weight is 404 g/mol. The fourth-order valence-corrected chi connectivity index (χ4v) is 3.55. The fraction of sp³-hybridized carbons (Fsp3) is 0.250. The average Bonchev–Trinajstić information content (AvgIpc) is 2.59. The number of rotatable bonds is 3. The van der Waals surface area contributed by atoms with Crippen LogP contribution < -0.4 is 4.90 Å². The molecule has 7 heteroatoms. The number of nitro benzene ring substituents is 1. The van der Waals surface area contributed by atoms with E-state index in [1.54, 1.807) is 12.3 Å². The van der Waals surface area contributed by atoms with E-state index in [1.807, 2.05) is 19.2 Å². The second kappa shape index (κ2) is 6.98. The molecule has 0 spiro atoms. The van der Waals surface area contributed by atoms with Crippen LogP contribution >= 0.6 is 23.2 Å². The predicted octanol–water partition coefficient (Wildman–Crippen LogP) is 6.28. The van der Waals surface area contributed by atoms with Crippen molar-refractivity contribution in [1.82, 2.24) is 0 Å². The quantitative estimate of drug-likeness (QED) is 0.343. The SMILES string of the molecule is CC1=CC(C)(C)N(C)c2cc(Cl)c(C=Nc3ccc(Cl)c([N+](=O)[O-])c3)cc21. The molecule has 0 radical (unpaired) electrons. The Morgan fingerprint density at radius 2 is 1.89 bits per heavy atom. The van der Waals surface area contributed by atoms with Crippen LogP contribution in [0.3, 0.4) is 0 Å². The van der Waals surface area contributed by atoms with Gasteiger partial charge in [-0.15, -0.1) is 0 Å². The van der Waals surface area contributed by atoms with Crippen molar-refractivity contribution >= 4 is 52.1 Å². The van der Waals surface area contributed by atoms with Gasteiger partial charge in [-0.3, -0.25) is 15.1 Å². The molecule has 5 nitrogen and oxygen atoms in total. The first-order valence-electron chi connectivity index (χ1n) is 8.35. The summed E-state index contributed by atoms with van der Waals surface area (Å²) in [6.45, 7) is 6.37. The van der Waals surface area contributed by atoms with E-state index in [1.165, 1.54) is 17.7 Å². The summed E-state index contributed by atoms with van der Waals surface area (Å²) in [4.78, 5) is 17.0. The van der Waals surface area contributed by atoms with Crippen LogP contribution in [-0.2, 0) is 0 Å². The van der Waals surface area contributed by atoms with Crippen LogP contribution in [-0.4, -0.2) is 23.7 Å². The van der Waals surface area contributed by atoms with Crippen molar-refractivity contribution in [1.29, 1.82) is 0 Å². The normalized spacial score (nSPS) is 15.6. The van der Waals surface area contributed by atoms with Crippen LogP contribution in [0, 0.1) is 10.1 Å². The predicted molar refractivity (Wildman–Crippen MR) is 113 cm³/mol. The maximum Gasteiger partial charge on any atom is 0.290 e. The molecule has 140 valence electrons. The lowest BCUT2D eigenvalue weighted by Crippen LogP contribution is -2.42. The van der Waals surface area contributed by atoms with E-state index in [4.69, 9.17) is 23.2 Å². The molecule has 0 atom stereocenters. The molecular weight excluding hydrogens is 385 g/mol. The first-order valence-corrected chi connectivity index (χ1v) is 9.11. The minimum Gasteiger partial charge on any atom is -0.365 e. The number of anilines is 1. The number of fused-ring (bicyclic) bond motifs is 1. The maximum atomic E-state index is 11.0. The van der Waals surface area contributed by atoms with Crippen molar-refractivity contribution in [3.8, 4) is 0 Å². The highest BCUT2D eigenvalue weighted by atomic mass is 35.5. The highest BCUT2D eigenvalue weighted by molar-refractivity contribution is 6.33. The molecule has 0 aromatic heterocycles. The Morgan fingerprint density at radius 1 is 1.19 bits per heavy atom. The van der Waals surface area contributed by atoms with Crippen molar-refractivity contribution in [2.45, 2.75) is 26.3 Å². The third-order valence-corrected chi connectivity index (χ3v) is 5.46. The van der Waals surface area contributed by atoms with Gasteiger partial charge in [0.15, 0.2) is 0 Å². The van der Waals surface area contributed by atoms with Crippen LogP contribution in [0.4, 0.5) is 17.1 Å². The summed E-state index contributed by atoms with van der Waals surface area (Å²) in [7, 11) is 2.04. The molecule has 0 amide bonds. The molecule has 1 aliphatic rings. The van der Waals surface area contributed by atoms with Crippen molar-refractivity contribution in [3.63, 3.8) is 0 Å². The monoisotopic (exact) mass is 403 g/mol. The van der Waals surface area contributed by atoms with E-state index in [0.717, 1.165) is 16.8 Å². The number of halogens is 2. The van der Waals surface area contributed by atoms with Gasteiger partial charge in [0.2, 0.25) is 0 Å². The van der Waals surface area contributed by atoms with E-state index >= 15 is 0 Å². The number of benzene rings is 2. The van der Waals surface area contributed by atoms with Gasteiger partial charge in [-0.1, -0.05) is 29.3 Å². The molecular formula is C20H19Cl2N3O2. The van der Waals surface area contributed by atoms with Gasteiger partial charge >= 0.3 is 0 Å². The zero-order chi connectivity index (χ0) is 19.9. The molecule has 0 saturated heterocycles. The van der Waals surface area contributed by atoms with Gasteiger partial charge in [-0.05, 0) is 50.6 Å². The number of nitrogens with zero attached hydrogens (tertiary/aromatic N) is 3. The van der Waals surface area contributed by atoms with E-state index < -0.39 is 4.92 Å². The van der Waals surface area contributed by atoms with Gasteiger partial charge in [-0.2, -0.15) is 0 Å². The Hall–Kier alpha value is -2.37. The van der Waals surface area contributed by atoms with Crippen molar-refractivity contribution in [2.75, 3.05) is 11.9 Å². The number of likely N-dealkylation sites (N-methyl/N-ethyl adjacent to an activating group) is 1. The van der Waals surface area contributed by atoms with Gasteiger partial charge in [0, 0.05) is 36.1 Å².